The van der Waals surface area contributed by atoms with E-state index in [1.54, 1.807) is 14.0 Å². The lowest BCUT2D eigenvalue weighted by Gasteiger charge is -2.00. The quantitative estimate of drug-likeness (QED) is 0.629. The molecule has 78 valence electrons. The van der Waals surface area contributed by atoms with Crippen molar-refractivity contribution in [2.75, 3.05) is 13.6 Å². The predicted molar refractivity (Wildman–Crippen MR) is 49.4 cm³/mol. The Hall–Kier alpha value is -1.43. The Morgan fingerprint density at radius 1 is 1.57 bits per heavy atom. The van der Waals surface area contributed by atoms with Crippen LogP contribution < -0.4 is 10.6 Å². The lowest BCUT2D eigenvalue weighted by molar-refractivity contribution is -0.120. The van der Waals surface area contributed by atoms with Crippen LogP contribution in [-0.4, -0.2) is 29.6 Å². The van der Waals surface area contributed by atoms with Crippen LogP contribution in [0.5, 0.6) is 0 Å². The third-order valence-corrected chi connectivity index (χ3v) is 1.65. The van der Waals surface area contributed by atoms with Gasteiger partial charge in [0.25, 0.3) is 0 Å². The fourth-order valence-electron chi connectivity index (χ4n) is 0.934. The Morgan fingerprint density at radius 3 is 2.93 bits per heavy atom. The first-order valence-corrected chi connectivity index (χ1v) is 4.43. The van der Waals surface area contributed by atoms with E-state index in [0.717, 1.165) is 0 Å². The summed E-state index contributed by atoms with van der Waals surface area (Å²) in [5.74, 6) is 1.17. The first-order chi connectivity index (χ1) is 6.72. The van der Waals surface area contributed by atoms with Gasteiger partial charge >= 0.3 is 0 Å². The highest BCUT2D eigenvalue weighted by molar-refractivity contribution is 5.75. The molecular weight excluding hydrogens is 184 g/mol. The average Bonchev–Trinajstić information content (AvgIpc) is 2.58. The summed E-state index contributed by atoms with van der Waals surface area (Å²) in [4.78, 5) is 14.8. The monoisotopic (exact) mass is 198 g/mol. The first-order valence-electron chi connectivity index (χ1n) is 4.43. The summed E-state index contributed by atoms with van der Waals surface area (Å²) in [6.45, 7) is 2.86. The minimum atomic E-state index is 0.0132. The molecule has 0 spiro atoms. The zero-order valence-corrected chi connectivity index (χ0v) is 8.33. The van der Waals surface area contributed by atoms with Gasteiger partial charge in [-0.1, -0.05) is 5.16 Å². The van der Waals surface area contributed by atoms with Gasteiger partial charge in [-0.25, -0.2) is 0 Å². The molecule has 0 aliphatic heterocycles. The van der Waals surface area contributed by atoms with Gasteiger partial charge in [0, 0.05) is 20.0 Å². The van der Waals surface area contributed by atoms with E-state index in [-0.39, 0.29) is 5.91 Å². The zero-order valence-electron chi connectivity index (χ0n) is 8.33. The normalized spacial score (nSPS) is 10.1. The van der Waals surface area contributed by atoms with Crippen LogP contribution in [0, 0.1) is 6.92 Å². The molecule has 0 bridgehead atoms. The van der Waals surface area contributed by atoms with Gasteiger partial charge in [0.15, 0.2) is 5.82 Å². The number of hydrogen-bond donors (Lipinski definition) is 2. The molecule has 0 aliphatic carbocycles. The van der Waals surface area contributed by atoms with E-state index in [9.17, 15) is 4.79 Å². The van der Waals surface area contributed by atoms with Crippen LogP contribution in [0.3, 0.4) is 0 Å². The van der Waals surface area contributed by atoms with E-state index in [1.807, 2.05) is 0 Å². The van der Waals surface area contributed by atoms with Crippen molar-refractivity contribution in [2.24, 2.45) is 0 Å². The lowest BCUT2D eigenvalue weighted by atomic mass is 10.4. The maximum Gasteiger partial charge on any atom is 0.240 e. The van der Waals surface area contributed by atoms with Crippen LogP contribution in [0.25, 0.3) is 0 Å². The van der Waals surface area contributed by atoms with Crippen molar-refractivity contribution in [1.29, 1.82) is 0 Å². The molecule has 0 atom stereocenters. The van der Waals surface area contributed by atoms with Crippen molar-refractivity contribution in [3.8, 4) is 0 Å². The Bertz CT molecular complexity index is 297. The first kappa shape index (κ1) is 10.6. The van der Waals surface area contributed by atoms with E-state index >= 15 is 0 Å². The summed E-state index contributed by atoms with van der Waals surface area (Å²) in [5, 5.41) is 9.20. The minimum absolute atomic E-state index is 0.0132. The molecule has 14 heavy (non-hydrogen) atoms. The number of aromatic nitrogens is 2. The van der Waals surface area contributed by atoms with E-state index in [1.165, 1.54) is 0 Å². The summed E-state index contributed by atoms with van der Waals surface area (Å²) < 4.78 is 4.87. The Balaban J connectivity index is 2.13. The number of amides is 1. The summed E-state index contributed by atoms with van der Waals surface area (Å²) >= 11 is 0. The summed E-state index contributed by atoms with van der Waals surface area (Å²) in [5.41, 5.74) is 0. The second-order valence-corrected chi connectivity index (χ2v) is 2.84. The second kappa shape index (κ2) is 5.33. The van der Waals surface area contributed by atoms with E-state index in [4.69, 9.17) is 4.52 Å². The number of nitrogens with one attached hydrogen (secondary N) is 2. The molecule has 1 aromatic rings. The zero-order chi connectivity index (χ0) is 10.4. The summed E-state index contributed by atoms with van der Waals surface area (Å²) in [7, 11) is 1.61. The van der Waals surface area contributed by atoms with Crippen LogP contribution in [0.15, 0.2) is 4.52 Å². The fraction of sp³-hybridized carbons (Fsp3) is 0.625. The molecule has 0 unspecified atom stereocenters. The molecule has 6 heteroatoms. The molecule has 1 heterocycles. The van der Waals surface area contributed by atoms with Gasteiger partial charge in [0.1, 0.15) is 0 Å². The molecule has 1 amide bonds. The molecule has 0 fully saturated rings. The number of aryl methyl sites for hydroxylation is 1. The van der Waals surface area contributed by atoms with Gasteiger partial charge in [-0.15, -0.1) is 0 Å². The van der Waals surface area contributed by atoms with Crippen molar-refractivity contribution < 1.29 is 9.32 Å². The minimum Gasteiger partial charge on any atom is -0.359 e. The van der Waals surface area contributed by atoms with Crippen molar-refractivity contribution in [1.82, 2.24) is 20.8 Å². The predicted octanol–water partition coefficient (Wildman–Crippen LogP) is -0.396. The number of rotatable bonds is 5. The largest absolute Gasteiger partial charge is 0.359 e. The topological polar surface area (TPSA) is 80.0 Å². The molecule has 1 rings (SSSR count). The molecule has 0 aromatic carbocycles. The smallest absolute Gasteiger partial charge is 0.240 e. The number of carbonyl (C=O) groups is 1. The van der Waals surface area contributed by atoms with Crippen molar-refractivity contribution >= 4 is 5.91 Å². The van der Waals surface area contributed by atoms with Gasteiger partial charge < -0.3 is 15.2 Å². The third-order valence-electron chi connectivity index (χ3n) is 1.65. The molecule has 0 saturated heterocycles. The summed E-state index contributed by atoms with van der Waals surface area (Å²) in [6, 6.07) is 0. The van der Waals surface area contributed by atoms with Crippen molar-refractivity contribution in [3.05, 3.63) is 11.7 Å². The molecule has 0 aliphatic rings. The van der Waals surface area contributed by atoms with Crippen LogP contribution >= 0.6 is 0 Å². The van der Waals surface area contributed by atoms with Gasteiger partial charge in [-0.05, 0) is 6.92 Å². The fourth-order valence-corrected chi connectivity index (χ4v) is 0.934. The number of nitrogens with zero attached hydrogens (tertiary/aromatic N) is 2. The molecule has 2 N–H and O–H groups in total. The molecule has 0 saturated carbocycles. The highest BCUT2D eigenvalue weighted by Gasteiger charge is 2.02. The van der Waals surface area contributed by atoms with Gasteiger partial charge in [0.2, 0.25) is 11.8 Å². The van der Waals surface area contributed by atoms with Crippen LogP contribution in [-0.2, 0) is 11.3 Å². The highest BCUT2D eigenvalue weighted by Crippen LogP contribution is 1.94. The van der Waals surface area contributed by atoms with Gasteiger partial charge in [-0.3, -0.25) is 4.79 Å². The lowest BCUT2D eigenvalue weighted by Crippen LogP contribution is -2.24. The third kappa shape index (κ3) is 3.53. The number of hydrogen-bond acceptors (Lipinski definition) is 5. The highest BCUT2D eigenvalue weighted by atomic mass is 16.5. The van der Waals surface area contributed by atoms with Crippen molar-refractivity contribution in [2.45, 2.75) is 19.9 Å². The maximum absolute atomic E-state index is 10.8. The average molecular weight is 198 g/mol. The summed E-state index contributed by atoms with van der Waals surface area (Å²) in [6.07, 6.45) is 0.448. The molecule has 1 aromatic heterocycles. The maximum atomic E-state index is 10.8. The van der Waals surface area contributed by atoms with E-state index < -0.39 is 0 Å². The van der Waals surface area contributed by atoms with E-state index in [2.05, 4.69) is 20.8 Å². The molecular formula is C8H14N4O2. The second-order valence-electron chi connectivity index (χ2n) is 2.84. The Kier molecular flexibility index (Phi) is 4.06. The van der Waals surface area contributed by atoms with E-state index in [0.29, 0.717) is 31.2 Å². The van der Waals surface area contributed by atoms with Crippen LogP contribution in [0.2, 0.25) is 0 Å². The van der Waals surface area contributed by atoms with Gasteiger partial charge in [0.05, 0.1) is 6.54 Å². The van der Waals surface area contributed by atoms with Crippen molar-refractivity contribution in [3.63, 3.8) is 0 Å². The van der Waals surface area contributed by atoms with Crippen LogP contribution in [0.1, 0.15) is 18.1 Å². The number of carbonyl (C=O) groups excluding carboxylic acids is 1. The Labute approximate surface area is 82.1 Å². The van der Waals surface area contributed by atoms with Crippen LogP contribution in [0.4, 0.5) is 0 Å². The SMILES string of the molecule is CNC(=O)CCNCc1nc(C)no1. The molecule has 6 nitrogen and oxygen atoms in total. The molecule has 0 radical (unpaired) electrons. The van der Waals surface area contributed by atoms with Gasteiger partial charge in [-0.2, -0.15) is 4.98 Å². The standard InChI is InChI=1S/C8H14N4O2/c1-6-11-8(14-12-6)5-10-4-3-7(13)9-2/h10H,3-5H2,1-2H3,(H,9,13). The Morgan fingerprint density at radius 2 is 2.36 bits per heavy atom.